The van der Waals surface area contributed by atoms with Crippen LogP contribution in [0.15, 0.2) is 60.7 Å². The molecule has 0 fully saturated rings. The van der Waals surface area contributed by atoms with Gasteiger partial charge in [-0.15, -0.1) is 0 Å². The van der Waals surface area contributed by atoms with Gasteiger partial charge in [-0.25, -0.2) is 0 Å². The minimum atomic E-state index is -0.514. The van der Waals surface area contributed by atoms with Crippen LogP contribution in [0.3, 0.4) is 0 Å². The van der Waals surface area contributed by atoms with Gasteiger partial charge in [-0.3, -0.25) is 30.0 Å². The van der Waals surface area contributed by atoms with Gasteiger partial charge in [0, 0.05) is 24.1 Å². The van der Waals surface area contributed by atoms with E-state index in [1.807, 2.05) is 49.4 Å². The van der Waals surface area contributed by atoms with E-state index in [9.17, 15) is 19.2 Å². The second-order valence-corrected chi connectivity index (χ2v) is 8.35. The molecule has 0 radical (unpaired) electrons. The number of hydrogen-bond donors (Lipinski definition) is 4. The lowest BCUT2D eigenvalue weighted by atomic mass is 9.98. The molecule has 0 aliphatic heterocycles. The number of carbonyl (C=O) groups excluding carboxylic acids is 4. The lowest BCUT2D eigenvalue weighted by Crippen LogP contribution is -2.41. The SMILES string of the molecule is COC(=O)CCC(=O)NNC(=O)CCc1ccc(N)cc1C(=O)N[C@@H](C)c1cccc2ccccc12. The van der Waals surface area contributed by atoms with Crippen molar-refractivity contribution >= 4 is 40.2 Å². The third kappa shape index (κ3) is 7.05. The van der Waals surface area contributed by atoms with E-state index in [-0.39, 0.29) is 37.6 Å². The summed E-state index contributed by atoms with van der Waals surface area (Å²) in [6, 6.07) is 18.7. The molecule has 1 atom stereocenters. The molecule has 0 spiro atoms. The first-order chi connectivity index (χ1) is 17.3. The number of hydrazine groups is 1. The number of amides is 3. The number of ether oxygens (including phenoxy) is 1. The first-order valence-electron chi connectivity index (χ1n) is 11.6. The Kier molecular flexibility index (Phi) is 8.99. The number of nitrogens with two attached hydrogens (primary N) is 1. The molecule has 3 aromatic rings. The molecule has 0 aromatic heterocycles. The standard InChI is InChI=1S/C27H30N4O5/c1-17(21-9-5-7-18-6-3-4-8-22(18)21)29-27(35)23-16-20(28)12-10-19(23)11-13-24(32)30-31-25(33)14-15-26(34)36-2/h3-10,12,16-17H,11,13-15,28H2,1-2H3,(H,29,35)(H,30,32)(H,31,33)/t17-/m0/s1. The van der Waals surface area contributed by atoms with Crippen molar-refractivity contribution in [1.29, 1.82) is 0 Å². The maximum atomic E-state index is 13.2. The fourth-order valence-electron chi connectivity index (χ4n) is 3.83. The summed E-state index contributed by atoms with van der Waals surface area (Å²) in [4.78, 5) is 48.2. The molecule has 9 nitrogen and oxygen atoms in total. The van der Waals surface area contributed by atoms with Crippen LogP contribution in [0.5, 0.6) is 0 Å². The molecule has 188 valence electrons. The first-order valence-corrected chi connectivity index (χ1v) is 11.6. The van der Waals surface area contributed by atoms with Crippen molar-refractivity contribution in [2.45, 2.75) is 38.6 Å². The molecule has 5 N–H and O–H groups in total. The molecule has 0 aliphatic carbocycles. The number of methoxy groups -OCH3 is 1. The summed E-state index contributed by atoms with van der Waals surface area (Å²) >= 11 is 0. The Morgan fingerprint density at radius 2 is 1.58 bits per heavy atom. The Labute approximate surface area is 209 Å². The average molecular weight is 491 g/mol. The summed E-state index contributed by atoms with van der Waals surface area (Å²) in [6.45, 7) is 1.92. The predicted octanol–water partition coefficient (Wildman–Crippen LogP) is 2.95. The molecule has 0 bridgehead atoms. The van der Waals surface area contributed by atoms with Crippen LogP contribution in [0.4, 0.5) is 5.69 Å². The van der Waals surface area contributed by atoms with Gasteiger partial charge in [0.15, 0.2) is 0 Å². The molecule has 0 heterocycles. The van der Waals surface area contributed by atoms with E-state index in [4.69, 9.17) is 5.73 Å². The van der Waals surface area contributed by atoms with Crippen molar-refractivity contribution in [2.75, 3.05) is 12.8 Å². The van der Waals surface area contributed by atoms with Gasteiger partial charge in [-0.05, 0) is 47.4 Å². The van der Waals surface area contributed by atoms with Gasteiger partial charge in [0.2, 0.25) is 11.8 Å². The van der Waals surface area contributed by atoms with Crippen LogP contribution in [0.2, 0.25) is 0 Å². The maximum absolute atomic E-state index is 13.2. The number of aryl methyl sites for hydroxylation is 1. The Morgan fingerprint density at radius 1 is 0.889 bits per heavy atom. The molecule has 36 heavy (non-hydrogen) atoms. The van der Waals surface area contributed by atoms with E-state index in [1.54, 1.807) is 18.2 Å². The van der Waals surface area contributed by atoms with Crippen LogP contribution in [-0.2, 0) is 25.5 Å². The summed E-state index contributed by atoms with van der Waals surface area (Å²) in [5.74, 6) is -1.76. The summed E-state index contributed by atoms with van der Waals surface area (Å²) in [5, 5.41) is 5.19. The number of nitrogen functional groups attached to an aromatic ring is 1. The highest BCUT2D eigenvalue weighted by atomic mass is 16.5. The topological polar surface area (TPSA) is 140 Å². The largest absolute Gasteiger partial charge is 0.469 e. The fraction of sp³-hybridized carbons (Fsp3) is 0.259. The Balaban J connectivity index is 1.61. The van der Waals surface area contributed by atoms with E-state index in [1.165, 1.54) is 7.11 Å². The second-order valence-electron chi connectivity index (χ2n) is 8.35. The summed E-state index contributed by atoms with van der Waals surface area (Å²) in [5.41, 5.74) is 13.0. The normalized spacial score (nSPS) is 11.4. The van der Waals surface area contributed by atoms with E-state index < -0.39 is 17.8 Å². The highest BCUT2D eigenvalue weighted by molar-refractivity contribution is 5.97. The van der Waals surface area contributed by atoms with Gasteiger partial charge < -0.3 is 15.8 Å². The van der Waals surface area contributed by atoms with Crippen molar-refractivity contribution in [1.82, 2.24) is 16.2 Å². The second kappa shape index (κ2) is 12.3. The number of esters is 1. The van der Waals surface area contributed by atoms with Crippen LogP contribution in [0.1, 0.15) is 53.7 Å². The molecule has 0 saturated heterocycles. The number of anilines is 1. The molecule has 3 amide bonds. The van der Waals surface area contributed by atoms with Gasteiger partial charge in [0.05, 0.1) is 19.6 Å². The lowest BCUT2D eigenvalue weighted by Gasteiger charge is -2.18. The lowest BCUT2D eigenvalue weighted by molar-refractivity contribution is -0.142. The zero-order valence-electron chi connectivity index (χ0n) is 20.3. The number of hydrogen-bond acceptors (Lipinski definition) is 6. The summed E-state index contributed by atoms with van der Waals surface area (Å²) in [7, 11) is 1.23. The molecule has 0 saturated carbocycles. The summed E-state index contributed by atoms with van der Waals surface area (Å²) < 4.78 is 4.47. The smallest absolute Gasteiger partial charge is 0.306 e. The minimum Gasteiger partial charge on any atom is -0.469 e. The average Bonchev–Trinajstić information content (AvgIpc) is 2.89. The highest BCUT2D eigenvalue weighted by Gasteiger charge is 2.18. The zero-order chi connectivity index (χ0) is 26.1. The minimum absolute atomic E-state index is 0.0281. The quantitative estimate of drug-likeness (QED) is 0.207. The molecular formula is C27H30N4O5. The van der Waals surface area contributed by atoms with Gasteiger partial charge in [-0.2, -0.15) is 0 Å². The Bertz CT molecular complexity index is 1270. The van der Waals surface area contributed by atoms with Crippen molar-refractivity contribution in [3.05, 3.63) is 77.4 Å². The number of rotatable bonds is 9. The van der Waals surface area contributed by atoms with Crippen LogP contribution < -0.4 is 21.9 Å². The third-order valence-corrected chi connectivity index (χ3v) is 5.76. The van der Waals surface area contributed by atoms with Gasteiger partial charge in [0.25, 0.3) is 5.91 Å². The zero-order valence-corrected chi connectivity index (χ0v) is 20.3. The highest BCUT2D eigenvalue weighted by Crippen LogP contribution is 2.25. The van der Waals surface area contributed by atoms with E-state index in [0.717, 1.165) is 16.3 Å². The Morgan fingerprint density at radius 3 is 2.33 bits per heavy atom. The van der Waals surface area contributed by atoms with Gasteiger partial charge in [-0.1, -0.05) is 48.5 Å². The van der Waals surface area contributed by atoms with E-state index in [2.05, 4.69) is 20.9 Å². The molecule has 0 unspecified atom stereocenters. The maximum Gasteiger partial charge on any atom is 0.306 e. The first kappa shape index (κ1) is 26.2. The number of fused-ring (bicyclic) bond motifs is 1. The van der Waals surface area contributed by atoms with Crippen molar-refractivity contribution in [2.24, 2.45) is 0 Å². The predicted molar refractivity (Wildman–Crippen MR) is 137 cm³/mol. The van der Waals surface area contributed by atoms with E-state index >= 15 is 0 Å². The van der Waals surface area contributed by atoms with Crippen LogP contribution >= 0.6 is 0 Å². The fourth-order valence-corrected chi connectivity index (χ4v) is 3.83. The van der Waals surface area contributed by atoms with Gasteiger partial charge in [0.1, 0.15) is 0 Å². The third-order valence-electron chi connectivity index (χ3n) is 5.76. The molecular weight excluding hydrogens is 460 g/mol. The van der Waals surface area contributed by atoms with Gasteiger partial charge >= 0.3 is 5.97 Å². The van der Waals surface area contributed by atoms with Crippen molar-refractivity contribution in [3.63, 3.8) is 0 Å². The molecule has 0 aliphatic rings. The van der Waals surface area contributed by atoms with Crippen LogP contribution in [-0.4, -0.2) is 30.8 Å². The molecule has 3 rings (SSSR count). The van der Waals surface area contributed by atoms with Crippen molar-refractivity contribution in [3.8, 4) is 0 Å². The van der Waals surface area contributed by atoms with Crippen LogP contribution in [0.25, 0.3) is 10.8 Å². The Hall–Kier alpha value is -4.40. The number of nitrogens with one attached hydrogen (secondary N) is 3. The van der Waals surface area contributed by atoms with E-state index in [0.29, 0.717) is 16.8 Å². The van der Waals surface area contributed by atoms with Crippen LogP contribution in [0, 0.1) is 0 Å². The number of carbonyl (C=O) groups is 4. The summed E-state index contributed by atoms with van der Waals surface area (Å²) in [6.07, 6.45) is 0.0966. The molecule has 9 heteroatoms. The monoisotopic (exact) mass is 490 g/mol. The van der Waals surface area contributed by atoms with Crippen molar-refractivity contribution < 1.29 is 23.9 Å². The molecule has 3 aromatic carbocycles. The number of benzene rings is 3.